The van der Waals surface area contributed by atoms with E-state index in [1.165, 1.54) is 5.56 Å². The predicted molar refractivity (Wildman–Crippen MR) is 72.4 cm³/mol. The Bertz CT molecular complexity index is 386. The van der Waals surface area contributed by atoms with Gasteiger partial charge in [-0.3, -0.25) is 4.79 Å². The summed E-state index contributed by atoms with van der Waals surface area (Å²) in [6.07, 6.45) is 1.24. The molecule has 0 aliphatic heterocycles. The van der Waals surface area contributed by atoms with Gasteiger partial charge in [0.15, 0.2) is 0 Å². The van der Waals surface area contributed by atoms with Gasteiger partial charge in [-0.05, 0) is 25.8 Å². The fraction of sp³-hybridized carbons (Fsp3) is 0.500. The van der Waals surface area contributed by atoms with Gasteiger partial charge in [-0.2, -0.15) is 0 Å². The number of amides is 1. The molecule has 1 atom stereocenters. The molecule has 0 aromatic heterocycles. The van der Waals surface area contributed by atoms with E-state index in [0.717, 1.165) is 12.0 Å². The first-order chi connectivity index (χ1) is 7.99. The van der Waals surface area contributed by atoms with Crippen LogP contribution in [0.25, 0.3) is 0 Å². The van der Waals surface area contributed by atoms with E-state index in [9.17, 15) is 4.79 Å². The first-order valence-corrected chi connectivity index (χ1v) is 6.45. The third-order valence-corrected chi connectivity index (χ3v) is 3.55. The van der Waals surface area contributed by atoms with Crippen LogP contribution in [-0.2, 0) is 11.2 Å². The van der Waals surface area contributed by atoms with Crippen LogP contribution in [0.15, 0.2) is 24.3 Å². The van der Waals surface area contributed by atoms with E-state index >= 15 is 0 Å². The van der Waals surface area contributed by atoms with E-state index in [4.69, 9.17) is 11.6 Å². The van der Waals surface area contributed by atoms with Crippen LogP contribution in [0.1, 0.15) is 31.4 Å². The Morgan fingerprint density at radius 3 is 2.71 bits per heavy atom. The van der Waals surface area contributed by atoms with Gasteiger partial charge in [0.2, 0.25) is 5.91 Å². The minimum Gasteiger partial charge on any atom is -0.349 e. The lowest BCUT2D eigenvalue weighted by atomic mass is 10.0. The van der Waals surface area contributed by atoms with Crippen molar-refractivity contribution < 1.29 is 4.79 Å². The third kappa shape index (κ3) is 4.39. The lowest BCUT2D eigenvalue weighted by Crippen LogP contribution is -2.47. The van der Waals surface area contributed by atoms with Crippen LogP contribution in [0.4, 0.5) is 0 Å². The van der Waals surface area contributed by atoms with Crippen molar-refractivity contribution >= 4 is 17.5 Å². The molecular formula is C14H20ClNO. The first kappa shape index (κ1) is 14.0. The number of hydrogen-bond acceptors (Lipinski definition) is 1. The molecule has 3 heteroatoms. The second kappa shape index (κ2) is 6.06. The number of rotatable bonds is 5. The van der Waals surface area contributed by atoms with Gasteiger partial charge in [-0.25, -0.2) is 0 Å². The zero-order chi connectivity index (χ0) is 12.9. The molecule has 1 aromatic rings. The van der Waals surface area contributed by atoms with E-state index in [1.54, 1.807) is 0 Å². The van der Waals surface area contributed by atoms with Crippen molar-refractivity contribution in [2.45, 2.75) is 39.2 Å². The second-order valence-electron chi connectivity index (χ2n) is 4.76. The SMILES string of the molecule is CCC(C)(CCl)NC(=O)Cc1cccc(C)c1. The van der Waals surface area contributed by atoms with Crippen LogP contribution in [0.5, 0.6) is 0 Å². The lowest BCUT2D eigenvalue weighted by Gasteiger charge is -2.27. The van der Waals surface area contributed by atoms with Gasteiger partial charge in [-0.15, -0.1) is 11.6 Å². The number of nitrogens with one attached hydrogen (secondary N) is 1. The van der Waals surface area contributed by atoms with Crippen molar-refractivity contribution in [3.8, 4) is 0 Å². The molecule has 0 saturated heterocycles. The summed E-state index contributed by atoms with van der Waals surface area (Å²) in [6, 6.07) is 8.00. The number of aryl methyl sites for hydroxylation is 1. The summed E-state index contributed by atoms with van der Waals surface area (Å²) < 4.78 is 0. The molecule has 0 heterocycles. The molecule has 1 rings (SSSR count). The van der Waals surface area contributed by atoms with Crippen LogP contribution in [0.3, 0.4) is 0 Å². The summed E-state index contributed by atoms with van der Waals surface area (Å²) >= 11 is 5.87. The quantitative estimate of drug-likeness (QED) is 0.803. The Hall–Kier alpha value is -1.02. The van der Waals surface area contributed by atoms with E-state index in [1.807, 2.05) is 45.0 Å². The maximum absolute atomic E-state index is 11.9. The lowest BCUT2D eigenvalue weighted by molar-refractivity contribution is -0.122. The van der Waals surface area contributed by atoms with Gasteiger partial charge in [0.05, 0.1) is 12.0 Å². The van der Waals surface area contributed by atoms with Crippen LogP contribution in [-0.4, -0.2) is 17.3 Å². The molecule has 0 aliphatic carbocycles. The van der Waals surface area contributed by atoms with Crippen molar-refractivity contribution in [2.75, 3.05) is 5.88 Å². The second-order valence-corrected chi connectivity index (χ2v) is 5.03. The standard InChI is InChI=1S/C14H20ClNO/c1-4-14(3,10-15)16-13(17)9-12-7-5-6-11(2)8-12/h5-8H,4,9-10H2,1-3H3,(H,16,17). The largest absolute Gasteiger partial charge is 0.349 e. The molecule has 1 aromatic carbocycles. The molecule has 17 heavy (non-hydrogen) atoms. The average Bonchev–Trinajstić information content (AvgIpc) is 2.28. The fourth-order valence-corrected chi connectivity index (χ4v) is 1.86. The molecule has 2 nitrogen and oxygen atoms in total. The van der Waals surface area contributed by atoms with Gasteiger partial charge in [-0.1, -0.05) is 36.8 Å². The highest BCUT2D eigenvalue weighted by Gasteiger charge is 2.22. The minimum absolute atomic E-state index is 0.0283. The third-order valence-electron chi connectivity index (χ3n) is 2.96. The van der Waals surface area contributed by atoms with Crippen LogP contribution in [0.2, 0.25) is 0 Å². The molecular weight excluding hydrogens is 234 g/mol. The molecule has 0 spiro atoms. The topological polar surface area (TPSA) is 29.1 Å². The van der Waals surface area contributed by atoms with Gasteiger partial charge in [0, 0.05) is 5.88 Å². The summed E-state index contributed by atoms with van der Waals surface area (Å²) in [6.45, 7) is 6.01. The van der Waals surface area contributed by atoms with Crippen LogP contribution in [0, 0.1) is 6.92 Å². The van der Waals surface area contributed by atoms with Crippen molar-refractivity contribution in [1.82, 2.24) is 5.32 Å². The van der Waals surface area contributed by atoms with Gasteiger partial charge in [0.1, 0.15) is 0 Å². The number of carbonyl (C=O) groups is 1. The molecule has 1 unspecified atom stereocenters. The Morgan fingerprint density at radius 2 is 2.18 bits per heavy atom. The number of hydrogen-bond donors (Lipinski definition) is 1. The summed E-state index contributed by atoms with van der Waals surface area (Å²) in [5.41, 5.74) is 1.91. The highest BCUT2D eigenvalue weighted by Crippen LogP contribution is 2.12. The van der Waals surface area contributed by atoms with Crippen molar-refractivity contribution in [1.29, 1.82) is 0 Å². The van der Waals surface area contributed by atoms with Crippen molar-refractivity contribution in [3.05, 3.63) is 35.4 Å². The molecule has 0 bridgehead atoms. The smallest absolute Gasteiger partial charge is 0.224 e. The monoisotopic (exact) mass is 253 g/mol. The Morgan fingerprint density at radius 1 is 1.47 bits per heavy atom. The molecule has 94 valence electrons. The Labute approximate surface area is 108 Å². The van der Waals surface area contributed by atoms with Crippen molar-refractivity contribution in [2.24, 2.45) is 0 Å². The summed E-state index contributed by atoms with van der Waals surface area (Å²) in [5, 5.41) is 2.99. The molecule has 0 saturated carbocycles. The highest BCUT2D eigenvalue weighted by atomic mass is 35.5. The molecule has 1 amide bonds. The zero-order valence-electron chi connectivity index (χ0n) is 10.7. The molecule has 0 radical (unpaired) electrons. The molecule has 0 aliphatic rings. The van der Waals surface area contributed by atoms with E-state index in [2.05, 4.69) is 5.32 Å². The fourth-order valence-electron chi connectivity index (χ4n) is 1.60. The van der Waals surface area contributed by atoms with Gasteiger partial charge in [0.25, 0.3) is 0 Å². The normalized spacial score (nSPS) is 14.1. The Kier molecular flexibility index (Phi) is 5.01. The predicted octanol–water partition coefficient (Wildman–Crippen LogP) is 3.06. The molecule has 0 fully saturated rings. The van der Waals surface area contributed by atoms with E-state index in [-0.39, 0.29) is 11.4 Å². The summed E-state index contributed by atoms with van der Waals surface area (Å²) in [5.74, 6) is 0.462. The number of carbonyl (C=O) groups excluding carboxylic acids is 1. The summed E-state index contributed by atoms with van der Waals surface area (Å²) in [4.78, 5) is 11.9. The minimum atomic E-state index is -0.303. The number of alkyl halides is 1. The van der Waals surface area contributed by atoms with E-state index in [0.29, 0.717) is 12.3 Å². The number of benzene rings is 1. The zero-order valence-corrected chi connectivity index (χ0v) is 11.5. The first-order valence-electron chi connectivity index (χ1n) is 5.91. The van der Waals surface area contributed by atoms with Gasteiger partial charge < -0.3 is 5.32 Å². The maximum Gasteiger partial charge on any atom is 0.224 e. The molecule has 1 N–H and O–H groups in total. The average molecular weight is 254 g/mol. The van der Waals surface area contributed by atoms with Crippen molar-refractivity contribution in [3.63, 3.8) is 0 Å². The van der Waals surface area contributed by atoms with Gasteiger partial charge >= 0.3 is 0 Å². The van der Waals surface area contributed by atoms with Crippen LogP contribution >= 0.6 is 11.6 Å². The maximum atomic E-state index is 11.9. The summed E-state index contributed by atoms with van der Waals surface area (Å²) in [7, 11) is 0. The van der Waals surface area contributed by atoms with Crippen LogP contribution < -0.4 is 5.32 Å². The Balaban J connectivity index is 2.61. The number of halogens is 1. The van der Waals surface area contributed by atoms with E-state index < -0.39 is 0 Å². The highest BCUT2D eigenvalue weighted by molar-refractivity contribution is 6.18.